The fraction of sp³-hybridized carbons (Fsp3) is 0.526. The van der Waals surface area contributed by atoms with Gasteiger partial charge in [-0.2, -0.15) is 13.2 Å². The average molecular weight is 457 g/mol. The van der Waals surface area contributed by atoms with Crippen molar-refractivity contribution in [1.82, 2.24) is 19.4 Å². The quantitative estimate of drug-likeness (QED) is 0.616. The molecule has 0 amide bonds. The van der Waals surface area contributed by atoms with Crippen LogP contribution in [-0.2, 0) is 16.9 Å². The number of thiazole rings is 1. The van der Waals surface area contributed by atoms with Gasteiger partial charge in [0.25, 0.3) is 0 Å². The largest absolute Gasteiger partial charge is 0.427 e. The maximum atomic E-state index is 13.1. The molecule has 0 saturated carbocycles. The molecule has 4 heterocycles. The summed E-state index contributed by atoms with van der Waals surface area (Å²) in [6.07, 6.45) is 2.83. The Kier molecular flexibility index (Phi) is 5.60. The van der Waals surface area contributed by atoms with Crippen molar-refractivity contribution in [2.24, 2.45) is 11.8 Å². The minimum Gasteiger partial charge on any atom is -0.353 e. The van der Waals surface area contributed by atoms with Crippen molar-refractivity contribution in [2.75, 3.05) is 23.5 Å². The standard InChI is InChI=1S/C19H23F3N6S2/c1-11-6-13(10-30(3)23)12(2)27(8-11)16-4-5-24-17(26-16)14-7-25-18-28(14)9-15(29-18)19(20,21)22/h4-5,7,9,11-13,23H,6,8,10H2,1-3H3. The molecule has 1 N–H and O–H groups in total. The summed E-state index contributed by atoms with van der Waals surface area (Å²) in [5, 5.41) is 0. The number of nitrogens with zero attached hydrogens (tertiary/aromatic N) is 5. The fourth-order valence-electron chi connectivity index (χ4n) is 4.09. The number of aromatic nitrogens is 4. The van der Waals surface area contributed by atoms with E-state index >= 15 is 0 Å². The zero-order valence-electron chi connectivity index (χ0n) is 16.8. The van der Waals surface area contributed by atoms with Crippen molar-refractivity contribution < 1.29 is 13.2 Å². The van der Waals surface area contributed by atoms with E-state index in [4.69, 9.17) is 9.76 Å². The number of halogens is 3. The van der Waals surface area contributed by atoms with Crippen LogP contribution in [0.15, 0.2) is 24.7 Å². The SMILES string of the molecule is CC1CC(CS(C)=N)C(C)N(c2ccnc(-c3cnc4sc(C(F)(F)F)cn34)n2)C1. The number of hydrogen-bond donors (Lipinski definition) is 1. The van der Waals surface area contributed by atoms with E-state index in [1.54, 1.807) is 6.20 Å². The Hall–Kier alpha value is -2.01. The molecule has 0 bridgehead atoms. The molecule has 3 aromatic heterocycles. The van der Waals surface area contributed by atoms with Crippen molar-refractivity contribution >= 4 is 32.8 Å². The first-order chi connectivity index (χ1) is 14.1. The van der Waals surface area contributed by atoms with Gasteiger partial charge in [-0.3, -0.25) is 9.18 Å². The molecule has 4 atom stereocenters. The Morgan fingerprint density at radius 1 is 1.30 bits per heavy atom. The van der Waals surface area contributed by atoms with E-state index in [0.717, 1.165) is 30.7 Å². The predicted molar refractivity (Wildman–Crippen MR) is 114 cm³/mol. The van der Waals surface area contributed by atoms with E-state index in [1.807, 2.05) is 12.3 Å². The first-order valence-corrected chi connectivity index (χ1v) is 12.2. The van der Waals surface area contributed by atoms with Gasteiger partial charge in [0.15, 0.2) is 10.8 Å². The molecule has 0 spiro atoms. The second-order valence-corrected chi connectivity index (χ2v) is 10.5. The molecule has 162 valence electrons. The highest BCUT2D eigenvalue weighted by atomic mass is 32.2. The van der Waals surface area contributed by atoms with Gasteiger partial charge in [-0.25, -0.2) is 15.0 Å². The number of nitrogens with one attached hydrogen (secondary N) is 1. The molecule has 1 aliphatic heterocycles. The summed E-state index contributed by atoms with van der Waals surface area (Å²) >= 11 is 0.602. The summed E-state index contributed by atoms with van der Waals surface area (Å²) in [4.78, 5) is 14.9. The van der Waals surface area contributed by atoms with E-state index in [2.05, 4.69) is 28.7 Å². The lowest BCUT2D eigenvalue weighted by Gasteiger charge is -2.43. The molecule has 0 aromatic carbocycles. The van der Waals surface area contributed by atoms with Crippen LogP contribution in [0, 0.1) is 16.6 Å². The monoisotopic (exact) mass is 456 g/mol. The van der Waals surface area contributed by atoms with Crippen LogP contribution < -0.4 is 4.90 Å². The third-order valence-electron chi connectivity index (χ3n) is 5.51. The zero-order valence-corrected chi connectivity index (χ0v) is 18.5. The smallest absolute Gasteiger partial charge is 0.353 e. The lowest BCUT2D eigenvalue weighted by atomic mass is 9.86. The van der Waals surface area contributed by atoms with Gasteiger partial charge in [-0.05, 0) is 37.5 Å². The van der Waals surface area contributed by atoms with Crippen molar-refractivity contribution in [3.63, 3.8) is 0 Å². The van der Waals surface area contributed by atoms with Crippen molar-refractivity contribution in [3.05, 3.63) is 29.5 Å². The predicted octanol–water partition coefficient (Wildman–Crippen LogP) is 4.73. The first-order valence-electron chi connectivity index (χ1n) is 9.61. The second kappa shape index (κ2) is 7.92. The molecule has 30 heavy (non-hydrogen) atoms. The van der Waals surface area contributed by atoms with Crippen molar-refractivity contribution in [2.45, 2.75) is 32.5 Å². The molecule has 0 aliphatic carbocycles. The summed E-state index contributed by atoms with van der Waals surface area (Å²) < 4.78 is 48.6. The number of rotatable bonds is 4. The Morgan fingerprint density at radius 2 is 2.07 bits per heavy atom. The third-order valence-corrected chi connectivity index (χ3v) is 7.48. The minimum absolute atomic E-state index is 0.229. The number of hydrogen-bond acceptors (Lipinski definition) is 6. The van der Waals surface area contributed by atoms with Gasteiger partial charge < -0.3 is 4.90 Å². The number of piperidine rings is 1. The lowest BCUT2D eigenvalue weighted by Crippen LogP contribution is -2.48. The molecular formula is C19H23F3N6S2. The molecule has 6 nitrogen and oxygen atoms in total. The van der Waals surface area contributed by atoms with Crippen LogP contribution in [-0.4, -0.2) is 43.9 Å². The van der Waals surface area contributed by atoms with Crippen LogP contribution in [0.25, 0.3) is 16.5 Å². The van der Waals surface area contributed by atoms with Gasteiger partial charge in [0, 0.05) is 30.7 Å². The highest BCUT2D eigenvalue weighted by Crippen LogP contribution is 2.36. The molecule has 1 saturated heterocycles. The van der Waals surface area contributed by atoms with Crippen molar-refractivity contribution in [3.8, 4) is 11.5 Å². The second-order valence-electron chi connectivity index (χ2n) is 7.93. The lowest BCUT2D eigenvalue weighted by molar-refractivity contribution is -0.134. The Labute approximate surface area is 179 Å². The Morgan fingerprint density at radius 3 is 2.77 bits per heavy atom. The summed E-state index contributed by atoms with van der Waals surface area (Å²) in [6.45, 7) is 5.22. The zero-order chi connectivity index (χ0) is 21.6. The normalized spacial score (nSPS) is 23.8. The summed E-state index contributed by atoms with van der Waals surface area (Å²) in [7, 11) is -0.381. The van der Waals surface area contributed by atoms with Gasteiger partial charge >= 0.3 is 6.18 Å². The van der Waals surface area contributed by atoms with Crippen LogP contribution in [0.5, 0.6) is 0 Å². The highest BCUT2D eigenvalue weighted by Gasteiger charge is 2.35. The van der Waals surface area contributed by atoms with Crippen LogP contribution in [0.4, 0.5) is 19.0 Å². The van der Waals surface area contributed by atoms with Crippen LogP contribution >= 0.6 is 11.3 Å². The highest BCUT2D eigenvalue weighted by molar-refractivity contribution is 7.85. The molecule has 11 heteroatoms. The number of imidazole rings is 1. The van der Waals surface area contributed by atoms with E-state index in [0.29, 0.717) is 34.7 Å². The van der Waals surface area contributed by atoms with Crippen LogP contribution in [0.2, 0.25) is 0 Å². The van der Waals surface area contributed by atoms with Crippen molar-refractivity contribution in [1.29, 1.82) is 4.78 Å². The molecule has 1 aliphatic rings. The Balaban J connectivity index is 1.68. The fourth-order valence-corrected chi connectivity index (χ4v) is 5.97. The average Bonchev–Trinajstić information content (AvgIpc) is 3.24. The number of fused-ring (bicyclic) bond motifs is 1. The number of alkyl halides is 3. The van der Waals surface area contributed by atoms with Gasteiger partial charge in [-0.1, -0.05) is 18.3 Å². The van der Waals surface area contributed by atoms with Gasteiger partial charge in [0.1, 0.15) is 16.4 Å². The summed E-state index contributed by atoms with van der Waals surface area (Å²) in [5.74, 6) is 2.85. The number of anilines is 1. The van der Waals surface area contributed by atoms with Crippen LogP contribution in [0.3, 0.4) is 0 Å². The van der Waals surface area contributed by atoms with Gasteiger partial charge in [-0.15, -0.1) is 10.7 Å². The van der Waals surface area contributed by atoms with Gasteiger partial charge in [0.2, 0.25) is 0 Å². The van der Waals surface area contributed by atoms with E-state index in [9.17, 15) is 13.2 Å². The Bertz CT molecular complexity index is 1080. The maximum Gasteiger partial charge on any atom is 0.427 e. The van der Waals surface area contributed by atoms with Crippen LogP contribution in [0.1, 0.15) is 25.1 Å². The topological polar surface area (TPSA) is 70.2 Å². The molecule has 3 aromatic rings. The molecule has 4 rings (SSSR count). The summed E-state index contributed by atoms with van der Waals surface area (Å²) in [6, 6.07) is 2.07. The first kappa shape index (κ1) is 21.2. The molecule has 1 fully saturated rings. The minimum atomic E-state index is -4.41. The third kappa shape index (κ3) is 4.09. The van der Waals surface area contributed by atoms with E-state index in [1.165, 1.54) is 10.6 Å². The van der Waals surface area contributed by atoms with E-state index in [-0.39, 0.29) is 21.7 Å². The van der Waals surface area contributed by atoms with Gasteiger partial charge in [0.05, 0.1) is 6.20 Å². The summed E-state index contributed by atoms with van der Waals surface area (Å²) in [5.41, 5.74) is 0.439. The molecule has 0 radical (unpaired) electrons. The maximum absolute atomic E-state index is 13.1. The van der Waals surface area contributed by atoms with E-state index < -0.39 is 11.1 Å². The molecule has 4 unspecified atom stereocenters. The molecular weight excluding hydrogens is 433 g/mol.